The predicted molar refractivity (Wildman–Crippen MR) is 163 cm³/mol. The van der Waals surface area contributed by atoms with Crippen LogP contribution in [0.15, 0.2) is 70.2 Å². The summed E-state index contributed by atoms with van der Waals surface area (Å²) in [5, 5.41) is 12.3. The highest BCUT2D eigenvalue weighted by Gasteiger charge is 2.07. The zero-order chi connectivity index (χ0) is 30.3. The lowest BCUT2D eigenvalue weighted by molar-refractivity contribution is 0.406. The molecule has 38 heavy (non-hydrogen) atoms. The third-order valence-electron chi connectivity index (χ3n) is 5.24. The van der Waals surface area contributed by atoms with Crippen molar-refractivity contribution < 1.29 is 6.48 Å². The van der Waals surface area contributed by atoms with E-state index in [1.54, 1.807) is 27.7 Å². The molecular formula is C31H44BN3O3. The third-order valence-corrected chi connectivity index (χ3v) is 5.24. The molecule has 2 N–H and O–H groups in total. The van der Waals surface area contributed by atoms with Gasteiger partial charge in [-0.3, -0.25) is 14.2 Å². The fraction of sp³-hybridized carbons (Fsp3) is 0.355. The van der Waals surface area contributed by atoms with E-state index in [1.165, 1.54) is 20.4 Å². The molecule has 2 heterocycles. The molecule has 0 amide bonds. The van der Waals surface area contributed by atoms with E-state index in [1.807, 2.05) is 58.0 Å². The van der Waals surface area contributed by atoms with Gasteiger partial charge < -0.3 is 10.2 Å². The number of benzene rings is 2. The molecule has 6 nitrogen and oxygen atoms in total. The number of nitrogens with zero attached hydrogens (tertiary/aromatic N) is 2. The van der Waals surface area contributed by atoms with E-state index in [9.17, 15) is 14.7 Å². The second kappa shape index (κ2) is 17.7. The van der Waals surface area contributed by atoms with Crippen LogP contribution in [-0.2, 0) is 6.54 Å². The van der Waals surface area contributed by atoms with Gasteiger partial charge in [0.25, 0.3) is 11.1 Å². The quantitative estimate of drug-likeness (QED) is 0.328. The summed E-state index contributed by atoms with van der Waals surface area (Å²) < 4.78 is 10.2. The van der Waals surface area contributed by atoms with Crippen LogP contribution in [0.2, 0.25) is 0 Å². The number of nitrogens with one attached hydrogen (secondary N) is 1. The average Bonchev–Trinajstić information content (AvgIpc) is 3.23. The van der Waals surface area contributed by atoms with Crippen molar-refractivity contribution in [1.29, 1.82) is 0 Å². The molecular weight excluding hydrogens is 473 g/mol. The fourth-order valence-electron chi connectivity index (χ4n) is 3.12. The van der Waals surface area contributed by atoms with Gasteiger partial charge in [-0.05, 0) is 65.3 Å². The molecule has 0 fully saturated rings. The normalized spacial score (nSPS) is 9.68. The molecule has 0 aliphatic rings. The minimum atomic E-state index is -0.282. The summed E-state index contributed by atoms with van der Waals surface area (Å²) in [6, 6.07) is 17.9. The number of hydrogen-bond acceptors (Lipinski definition) is 3. The lowest BCUT2D eigenvalue weighted by Gasteiger charge is -2.08. The van der Waals surface area contributed by atoms with Gasteiger partial charge in [-0.15, -0.1) is 0 Å². The number of rotatable bonds is 2. The molecule has 0 bridgehead atoms. The fourth-order valence-corrected chi connectivity index (χ4v) is 3.12. The van der Waals surface area contributed by atoms with Gasteiger partial charge in [0.05, 0.1) is 7.06 Å². The second-order valence-corrected chi connectivity index (χ2v) is 8.03. The van der Waals surface area contributed by atoms with E-state index in [4.69, 9.17) is 9.22 Å². The Kier molecular flexibility index (Phi) is 15.0. The number of aryl methyl sites for hydroxylation is 2. The van der Waals surface area contributed by atoms with Crippen LogP contribution in [0, 0.1) is 34.6 Å². The van der Waals surface area contributed by atoms with Crippen molar-refractivity contribution in [3.8, 4) is 11.6 Å². The number of aromatic hydroxyl groups is 1. The maximum atomic E-state index is 11.6. The lowest BCUT2D eigenvalue weighted by atomic mass is 10.0. The van der Waals surface area contributed by atoms with E-state index < -0.39 is 0 Å². The topological polar surface area (TPSA) is 80.0 Å². The summed E-state index contributed by atoms with van der Waals surface area (Å²) in [5.41, 5.74) is 4.87. The number of aromatic nitrogens is 3. The molecule has 0 saturated carbocycles. The largest absolute Gasteiger partial charge is 0.494 e. The van der Waals surface area contributed by atoms with Gasteiger partial charge in [0.15, 0.2) is 5.88 Å². The number of hydrogen-bond donors (Lipinski definition) is 2. The van der Waals surface area contributed by atoms with Gasteiger partial charge >= 0.3 is 0 Å². The van der Waals surface area contributed by atoms with Crippen LogP contribution in [0.25, 0.3) is 5.69 Å². The van der Waals surface area contributed by atoms with Crippen molar-refractivity contribution >= 4 is 13.4 Å². The van der Waals surface area contributed by atoms with Crippen LogP contribution in [0.1, 0.15) is 63.8 Å². The van der Waals surface area contributed by atoms with Crippen molar-refractivity contribution in [1.82, 2.24) is 14.3 Å². The molecule has 2 radical (unpaired) electrons. The van der Waals surface area contributed by atoms with Gasteiger partial charge in [-0.2, -0.15) is 0 Å². The predicted octanol–water partition coefficient (Wildman–Crippen LogP) is 5.81. The van der Waals surface area contributed by atoms with Crippen LogP contribution < -0.4 is 16.7 Å². The van der Waals surface area contributed by atoms with Crippen molar-refractivity contribution in [3.63, 3.8) is 0 Å². The van der Waals surface area contributed by atoms with E-state index in [0.29, 0.717) is 28.8 Å². The summed E-state index contributed by atoms with van der Waals surface area (Å²) in [5.74, 6) is -0.0944. The van der Waals surface area contributed by atoms with E-state index in [-0.39, 0.29) is 23.0 Å². The average molecular weight is 520 g/mol. The zero-order valence-electron chi connectivity index (χ0n) is 25.6. The highest BCUT2D eigenvalue weighted by Crippen LogP contribution is 2.13. The molecule has 0 spiro atoms. The first-order valence-corrected chi connectivity index (χ1v) is 13.0. The van der Waals surface area contributed by atoms with E-state index >= 15 is 0 Å². The maximum absolute atomic E-state index is 11.6. The summed E-state index contributed by atoms with van der Waals surface area (Å²) >= 11 is 0. The van der Waals surface area contributed by atoms with Crippen LogP contribution in [0.4, 0.5) is 0 Å². The first kappa shape index (κ1) is 32.3. The maximum Gasteiger partial charge on any atom is 0.273 e. The number of H-pyrrole nitrogens is 1. The summed E-state index contributed by atoms with van der Waals surface area (Å²) in [6.45, 7) is 19.3. The molecule has 0 atom stereocenters. The summed E-state index contributed by atoms with van der Waals surface area (Å²) in [4.78, 5) is 23.1. The SMILES string of the molecule is CC.CC.Cc1ccc(C)cc1.[3H]c1c(C)c(O)n(CC)c(=O)c1C.[B]c1[nH]n(-c2ccccc2)c(=O)c1C. The number of para-hydroxylation sites is 1. The number of aromatic amines is 1. The summed E-state index contributed by atoms with van der Waals surface area (Å²) in [6.07, 6.45) is 0. The lowest BCUT2D eigenvalue weighted by Crippen LogP contribution is -2.21. The third kappa shape index (κ3) is 9.96. The highest BCUT2D eigenvalue weighted by atomic mass is 16.3. The van der Waals surface area contributed by atoms with Crippen LogP contribution in [-0.4, -0.2) is 27.3 Å². The molecule has 204 valence electrons. The molecule has 2 aromatic heterocycles. The van der Waals surface area contributed by atoms with Gasteiger partial charge in [-0.25, -0.2) is 4.68 Å². The Morgan fingerprint density at radius 3 is 1.68 bits per heavy atom. The standard InChI is InChI=1S/C10H9BN2O.C9H13NO2.C8H10.2C2H6/c1-7-9(11)12-13(10(7)14)8-5-3-2-4-6-8;1-4-10-8(11)6(2)5-7(3)9(10)12;1-7-3-5-8(2)6-4-7;2*1-2/h2-6,12H,1H3;5,11H,4H2,1-3H3;3-6H,1-2H3;2*1-2H3/i;5T;;;. The van der Waals surface area contributed by atoms with Gasteiger partial charge in [-0.1, -0.05) is 81.3 Å². The Balaban J connectivity index is 0.000000537. The molecule has 0 aliphatic carbocycles. The smallest absolute Gasteiger partial charge is 0.273 e. The Labute approximate surface area is 230 Å². The zero-order valence-corrected chi connectivity index (χ0v) is 24.6. The Morgan fingerprint density at radius 2 is 1.29 bits per heavy atom. The minimum absolute atomic E-state index is 0.0944. The molecule has 0 aliphatic heterocycles. The molecule has 2 aromatic carbocycles. The van der Waals surface area contributed by atoms with E-state index in [0.717, 1.165) is 5.69 Å². The number of pyridine rings is 1. The molecule has 4 aromatic rings. The van der Waals surface area contributed by atoms with E-state index in [2.05, 4.69) is 43.2 Å². The second-order valence-electron chi connectivity index (χ2n) is 8.03. The van der Waals surface area contributed by atoms with Crippen LogP contribution in [0.5, 0.6) is 5.88 Å². The van der Waals surface area contributed by atoms with Crippen molar-refractivity contribution in [2.75, 3.05) is 0 Å². The monoisotopic (exact) mass is 519 g/mol. The first-order valence-electron chi connectivity index (χ1n) is 13.5. The summed E-state index contributed by atoms with van der Waals surface area (Å²) in [7, 11) is 5.60. The minimum Gasteiger partial charge on any atom is -0.494 e. The van der Waals surface area contributed by atoms with Gasteiger partial charge in [0, 0.05) is 23.2 Å². The Bertz CT molecular complexity index is 1370. The molecule has 7 heteroatoms. The molecule has 0 unspecified atom stereocenters. The highest BCUT2D eigenvalue weighted by molar-refractivity contribution is 6.31. The van der Waals surface area contributed by atoms with Crippen molar-refractivity contribution in [2.24, 2.45) is 0 Å². The first-order chi connectivity index (χ1) is 18.5. The van der Waals surface area contributed by atoms with Gasteiger partial charge in [0.1, 0.15) is 7.85 Å². The molecule has 0 saturated heterocycles. The van der Waals surface area contributed by atoms with Gasteiger partial charge in [0.2, 0.25) is 0 Å². The van der Waals surface area contributed by atoms with Crippen LogP contribution in [0.3, 0.4) is 0 Å². The molecule has 4 rings (SSSR count). The Hall–Kier alpha value is -3.74. The van der Waals surface area contributed by atoms with Crippen molar-refractivity contribution in [2.45, 2.75) is 75.8 Å². The van der Waals surface area contributed by atoms with Crippen molar-refractivity contribution in [3.05, 3.63) is 109 Å². The van der Waals surface area contributed by atoms with Crippen LogP contribution >= 0.6 is 0 Å². The Morgan fingerprint density at radius 1 is 0.816 bits per heavy atom.